The summed E-state index contributed by atoms with van der Waals surface area (Å²) in [5.74, 6) is -0.102. The molecule has 0 spiro atoms. The molecule has 98 valence electrons. The van der Waals surface area contributed by atoms with Gasteiger partial charge in [0, 0.05) is 12.5 Å². The number of thioether (sulfide) groups is 1. The number of amides is 1. The van der Waals surface area contributed by atoms with Gasteiger partial charge < -0.3 is 10.4 Å². The summed E-state index contributed by atoms with van der Waals surface area (Å²) >= 11 is 1.76. The van der Waals surface area contributed by atoms with Crippen LogP contribution in [0, 0.1) is 11.8 Å². The fraction of sp³-hybridized carbons (Fsp3) is 0.833. The molecule has 2 atom stereocenters. The first-order valence-electron chi connectivity index (χ1n) is 6.14. The number of aliphatic carboxylic acids is 1. The third-order valence-corrected chi connectivity index (χ3v) is 3.92. The van der Waals surface area contributed by atoms with Crippen molar-refractivity contribution in [3.05, 3.63) is 0 Å². The zero-order valence-corrected chi connectivity index (χ0v) is 11.1. The second kappa shape index (κ2) is 7.58. The van der Waals surface area contributed by atoms with Crippen molar-refractivity contribution in [1.82, 2.24) is 5.32 Å². The Morgan fingerprint density at radius 3 is 2.71 bits per heavy atom. The Bertz CT molecular complexity index is 270. The van der Waals surface area contributed by atoms with Crippen molar-refractivity contribution in [2.45, 2.75) is 32.1 Å². The number of hydrogen-bond acceptors (Lipinski definition) is 3. The molecule has 4 nitrogen and oxygen atoms in total. The summed E-state index contributed by atoms with van der Waals surface area (Å²) in [7, 11) is 0. The lowest BCUT2D eigenvalue weighted by Gasteiger charge is -2.25. The van der Waals surface area contributed by atoms with Gasteiger partial charge in [-0.25, -0.2) is 0 Å². The van der Waals surface area contributed by atoms with E-state index < -0.39 is 5.97 Å². The van der Waals surface area contributed by atoms with Crippen molar-refractivity contribution in [2.75, 3.05) is 18.6 Å². The van der Waals surface area contributed by atoms with Crippen LogP contribution in [-0.2, 0) is 9.59 Å². The summed E-state index contributed by atoms with van der Waals surface area (Å²) in [6, 6.07) is 0. The zero-order chi connectivity index (χ0) is 12.7. The Morgan fingerprint density at radius 2 is 2.06 bits per heavy atom. The molecule has 0 aliphatic heterocycles. The highest BCUT2D eigenvalue weighted by Gasteiger charge is 2.30. The number of carbonyl (C=O) groups is 2. The third kappa shape index (κ3) is 4.98. The van der Waals surface area contributed by atoms with Crippen molar-refractivity contribution in [1.29, 1.82) is 0 Å². The van der Waals surface area contributed by atoms with Gasteiger partial charge in [0.2, 0.25) is 5.91 Å². The van der Waals surface area contributed by atoms with Crippen LogP contribution < -0.4 is 5.32 Å². The number of nitrogens with one attached hydrogen (secondary N) is 1. The fourth-order valence-electron chi connectivity index (χ4n) is 2.22. The van der Waals surface area contributed by atoms with Gasteiger partial charge in [0.1, 0.15) is 0 Å². The van der Waals surface area contributed by atoms with Crippen molar-refractivity contribution in [3.8, 4) is 0 Å². The molecule has 1 fully saturated rings. The Hall–Kier alpha value is -0.710. The van der Waals surface area contributed by atoms with Crippen LogP contribution in [0.3, 0.4) is 0 Å². The van der Waals surface area contributed by atoms with Gasteiger partial charge in [-0.15, -0.1) is 0 Å². The normalized spacial score (nSPS) is 24.3. The van der Waals surface area contributed by atoms with Gasteiger partial charge in [-0.2, -0.15) is 11.8 Å². The van der Waals surface area contributed by atoms with Crippen molar-refractivity contribution in [3.63, 3.8) is 0 Å². The van der Waals surface area contributed by atoms with Crippen LogP contribution in [0.4, 0.5) is 0 Å². The van der Waals surface area contributed by atoms with E-state index in [-0.39, 0.29) is 17.7 Å². The second-order valence-electron chi connectivity index (χ2n) is 4.54. The molecular weight excluding hydrogens is 238 g/mol. The van der Waals surface area contributed by atoms with Gasteiger partial charge in [0.25, 0.3) is 0 Å². The number of rotatable bonds is 6. The molecule has 1 rings (SSSR count). The van der Waals surface area contributed by atoms with Crippen molar-refractivity contribution in [2.24, 2.45) is 11.8 Å². The maximum Gasteiger partial charge on any atom is 0.306 e. The highest BCUT2D eigenvalue weighted by molar-refractivity contribution is 7.98. The van der Waals surface area contributed by atoms with E-state index in [0.717, 1.165) is 25.0 Å². The first-order valence-corrected chi connectivity index (χ1v) is 7.54. The lowest BCUT2D eigenvalue weighted by molar-refractivity contribution is -0.144. The van der Waals surface area contributed by atoms with Crippen molar-refractivity contribution >= 4 is 23.6 Å². The van der Waals surface area contributed by atoms with Crippen molar-refractivity contribution < 1.29 is 14.7 Å². The summed E-state index contributed by atoms with van der Waals surface area (Å²) in [4.78, 5) is 22.7. The highest BCUT2D eigenvalue weighted by Crippen LogP contribution is 2.29. The average Bonchev–Trinajstić information content (AvgIpc) is 2.34. The van der Waals surface area contributed by atoms with E-state index in [9.17, 15) is 9.59 Å². The standard InChI is InChI=1S/C12H21NO3S/c1-17-7-3-6-13-11(14)9-4-2-5-10(8-9)12(15)16/h9-10H,2-8H2,1H3,(H,13,14)(H,15,16). The molecule has 0 bridgehead atoms. The third-order valence-electron chi connectivity index (χ3n) is 3.22. The van der Waals surface area contributed by atoms with Gasteiger partial charge in [0.05, 0.1) is 5.92 Å². The number of carboxylic acids is 1. The molecule has 1 saturated carbocycles. The summed E-state index contributed by atoms with van der Waals surface area (Å²) in [5, 5.41) is 11.9. The average molecular weight is 259 g/mol. The van der Waals surface area contributed by atoms with E-state index in [0.29, 0.717) is 19.4 Å². The SMILES string of the molecule is CSCCCNC(=O)C1CCCC(C(=O)O)C1. The number of carboxylic acid groups (broad SMARTS) is 1. The first-order chi connectivity index (χ1) is 8.15. The molecular formula is C12H21NO3S. The van der Waals surface area contributed by atoms with Crippen LogP contribution in [0.2, 0.25) is 0 Å². The molecule has 2 unspecified atom stereocenters. The largest absolute Gasteiger partial charge is 0.481 e. The van der Waals surface area contributed by atoms with E-state index >= 15 is 0 Å². The van der Waals surface area contributed by atoms with Crippen LogP contribution in [0.15, 0.2) is 0 Å². The smallest absolute Gasteiger partial charge is 0.306 e. The van der Waals surface area contributed by atoms with Crippen LogP contribution >= 0.6 is 11.8 Å². The topological polar surface area (TPSA) is 66.4 Å². The molecule has 0 aromatic rings. The summed E-state index contributed by atoms with van der Waals surface area (Å²) < 4.78 is 0. The monoisotopic (exact) mass is 259 g/mol. The van der Waals surface area contributed by atoms with E-state index in [4.69, 9.17) is 5.11 Å². The first kappa shape index (κ1) is 14.4. The minimum Gasteiger partial charge on any atom is -0.481 e. The number of carbonyl (C=O) groups excluding carboxylic acids is 1. The van der Waals surface area contributed by atoms with Gasteiger partial charge in [-0.05, 0) is 37.7 Å². The summed E-state index contributed by atoms with van der Waals surface area (Å²) in [5.41, 5.74) is 0. The minimum atomic E-state index is -0.759. The van der Waals surface area contributed by atoms with Crippen LogP contribution in [0.5, 0.6) is 0 Å². The molecule has 5 heteroatoms. The van der Waals surface area contributed by atoms with E-state index in [1.807, 2.05) is 6.26 Å². The van der Waals surface area contributed by atoms with Gasteiger partial charge in [-0.1, -0.05) is 6.42 Å². The molecule has 0 heterocycles. The number of hydrogen-bond donors (Lipinski definition) is 2. The maximum absolute atomic E-state index is 11.8. The van der Waals surface area contributed by atoms with Gasteiger partial charge >= 0.3 is 5.97 Å². The Balaban J connectivity index is 2.28. The highest BCUT2D eigenvalue weighted by atomic mass is 32.2. The summed E-state index contributed by atoms with van der Waals surface area (Å²) in [6.45, 7) is 0.702. The Morgan fingerprint density at radius 1 is 1.35 bits per heavy atom. The van der Waals surface area contributed by atoms with Gasteiger partial charge in [-0.3, -0.25) is 9.59 Å². The molecule has 0 radical (unpaired) electrons. The fourth-order valence-corrected chi connectivity index (χ4v) is 2.66. The maximum atomic E-state index is 11.8. The Labute approximate surface area is 107 Å². The molecule has 0 saturated heterocycles. The molecule has 17 heavy (non-hydrogen) atoms. The molecule has 0 aromatic heterocycles. The Kier molecular flexibility index (Phi) is 6.40. The quantitative estimate of drug-likeness (QED) is 0.713. The van der Waals surface area contributed by atoms with E-state index in [1.54, 1.807) is 11.8 Å². The van der Waals surface area contributed by atoms with E-state index in [2.05, 4.69) is 5.32 Å². The zero-order valence-electron chi connectivity index (χ0n) is 10.3. The minimum absolute atomic E-state index is 0.0389. The molecule has 1 aliphatic rings. The second-order valence-corrected chi connectivity index (χ2v) is 5.52. The molecule has 1 amide bonds. The molecule has 2 N–H and O–H groups in total. The summed E-state index contributed by atoms with van der Waals surface area (Å²) in [6.07, 6.45) is 5.91. The predicted molar refractivity (Wildman–Crippen MR) is 69.1 cm³/mol. The molecule has 0 aromatic carbocycles. The van der Waals surface area contributed by atoms with Crippen LogP contribution in [-0.4, -0.2) is 35.5 Å². The van der Waals surface area contributed by atoms with Crippen LogP contribution in [0.1, 0.15) is 32.1 Å². The lowest BCUT2D eigenvalue weighted by atomic mass is 9.81. The van der Waals surface area contributed by atoms with Crippen LogP contribution in [0.25, 0.3) is 0 Å². The predicted octanol–water partition coefficient (Wildman–Crippen LogP) is 1.75. The lowest BCUT2D eigenvalue weighted by Crippen LogP contribution is -2.36. The molecule has 1 aliphatic carbocycles. The van der Waals surface area contributed by atoms with Gasteiger partial charge in [0.15, 0.2) is 0 Å². The van der Waals surface area contributed by atoms with E-state index in [1.165, 1.54) is 0 Å².